The summed E-state index contributed by atoms with van der Waals surface area (Å²) < 4.78 is 11.2. The number of ether oxygens (including phenoxy) is 2. The molecule has 0 aliphatic heterocycles. The number of benzene rings is 2. The highest BCUT2D eigenvalue weighted by Crippen LogP contribution is 2.36. The van der Waals surface area contributed by atoms with Crippen LogP contribution >= 0.6 is 0 Å². The van der Waals surface area contributed by atoms with Crippen molar-refractivity contribution >= 4 is 28.3 Å². The maximum absolute atomic E-state index is 11.9. The van der Waals surface area contributed by atoms with E-state index in [2.05, 4.69) is 9.97 Å². The van der Waals surface area contributed by atoms with Gasteiger partial charge < -0.3 is 14.4 Å². The van der Waals surface area contributed by atoms with E-state index < -0.39 is 11.5 Å². The van der Waals surface area contributed by atoms with Crippen LogP contribution in [0.1, 0.15) is 13.8 Å². The number of para-hydroxylation sites is 1. The molecule has 3 aromatic rings. The van der Waals surface area contributed by atoms with E-state index in [-0.39, 0.29) is 0 Å². The fourth-order valence-corrected chi connectivity index (χ4v) is 2.79. The molecule has 1 amide bonds. The van der Waals surface area contributed by atoms with E-state index in [0.29, 0.717) is 11.5 Å². The number of aromatic nitrogens is 2. The standard InChI is InChI=1S/C20H22N4O4/c1-20(2,19(25)23-26)28-17-11-13(9-10-16(17)27-4)24(3)18-14-7-5-6-8-15(14)21-12-22-18/h5-12,26H,1-4H3,(H,23,25). The first-order valence-corrected chi connectivity index (χ1v) is 8.62. The van der Waals surface area contributed by atoms with Gasteiger partial charge in [0.15, 0.2) is 17.1 Å². The molecule has 1 aromatic heterocycles. The zero-order valence-corrected chi connectivity index (χ0v) is 16.1. The van der Waals surface area contributed by atoms with Gasteiger partial charge in [-0.05, 0) is 38.1 Å². The quantitative estimate of drug-likeness (QED) is 0.499. The second-order valence-electron chi connectivity index (χ2n) is 6.66. The van der Waals surface area contributed by atoms with E-state index >= 15 is 0 Å². The summed E-state index contributed by atoms with van der Waals surface area (Å²) in [7, 11) is 3.40. The van der Waals surface area contributed by atoms with E-state index in [0.717, 1.165) is 22.4 Å². The number of amides is 1. The fraction of sp³-hybridized carbons (Fsp3) is 0.250. The average molecular weight is 382 g/mol. The molecule has 0 radical (unpaired) electrons. The van der Waals surface area contributed by atoms with Gasteiger partial charge >= 0.3 is 0 Å². The third kappa shape index (κ3) is 3.67. The summed E-state index contributed by atoms with van der Waals surface area (Å²) in [6.07, 6.45) is 1.52. The third-order valence-corrected chi connectivity index (χ3v) is 4.39. The first-order valence-electron chi connectivity index (χ1n) is 8.62. The van der Waals surface area contributed by atoms with Crippen molar-refractivity contribution in [2.75, 3.05) is 19.1 Å². The summed E-state index contributed by atoms with van der Waals surface area (Å²) in [5.74, 6) is 0.881. The Balaban J connectivity index is 2.02. The number of carbonyl (C=O) groups is 1. The van der Waals surface area contributed by atoms with Crippen molar-refractivity contribution in [2.45, 2.75) is 19.4 Å². The van der Waals surface area contributed by atoms with Crippen LogP contribution in [0.4, 0.5) is 11.5 Å². The molecule has 0 bridgehead atoms. The van der Waals surface area contributed by atoms with Crippen molar-refractivity contribution in [1.82, 2.24) is 15.4 Å². The molecule has 3 rings (SSSR count). The summed E-state index contributed by atoms with van der Waals surface area (Å²) in [6, 6.07) is 13.1. The van der Waals surface area contributed by atoms with Crippen LogP contribution in [0.15, 0.2) is 48.8 Å². The topological polar surface area (TPSA) is 96.8 Å². The number of methoxy groups -OCH3 is 1. The minimum absolute atomic E-state index is 0.360. The number of hydroxylamine groups is 1. The first kappa shape index (κ1) is 19.4. The van der Waals surface area contributed by atoms with Gasteiger partial charge in [-0.1, -0.05) is 12.1 Å². The van der Waals surface area contributed by atoms with E-state index in [1.807, 2.05) is 42.3 Å². The Hall–Kier alpha value is -3.39. The molecule has 1 heterocycles. The Labute approximate surface area is 162 Å². The SMILES string of the molecule is COc1ccc(N(C)c2ncnc3ccccc23)cc1OC(C)(C)C(=O)NO. The number of hydrogen-bond acceptors (Lipinski definition) is 7. The molecule has 0 spiro atoms. The van der Waals surface area contributed by atoms with Crippen LogP contribution in [0.25, 0.3) is 10.9 Å². The molecule has 0 aliphatic rings. The van der Waals surface area contributed by atoms with Gasteiger partial charge in [0.2, 0.25) is 0 Å². The van der Waals surface area contributed by atoms with Crippen LogP contribution in [-0.2, 0) is 4.79 Å². The van der Waals surface area contributed by atoms with Gasteiger partial charge in [-0.25, -0.2) is 15.4 Å². The van der Waals surface area contributed by atoms with Crippen LogP contribution in [0.3, 0.4) is 0 Å². The molecule has 0 atom stereocenters. The smallest absolute Gasteiger partial charge is 0.286 e. The van der Waals surface area contributed by atoms with E-state index in [4.69, 9.17) is 14.7 Å². The lowest BCUT2D eigenvalue weighted by Crippen LogP contribution is -2.45. The highest BCUT2D eigenvalue weighted by molar-refractivity contribution is 5.91. The van der Waals surface area contributed by atoms with Gasteiger partial charge in [0.1, 0.15) is 12.1 Å². The predicted molar refractivity (Wildman–Crippen MR) is 105 cm³/mol. The molecule has 28 heavy (non-hydrogen) atoms. The number of rotatable bonds is 6. The Morgan fingerprint density at radius 3 is 2.61 bits per heavy atom. The van der Waals surface area contributed by atoms with Crippen molar-refractivity contribution in [2.24, 2.45) is 0 Å². The molecular weight excluding hydrogens is 360 g/mol. The van der Waals surface area contributed by atoms with Crippen LogP contribution in [-0.4, -0.2) is 40.8 Å². The summed E-state index contributed by atoms with van der Waals surface area (Å²) in [5, 5.41) is 9.84. The summed E-state index contributed by atoms with van der Waals surface area (Å²) in [5.41, 5.74) is 1.93. The molecular formula is C20H22N4O4. The van der Waals surface area contributed by atoms with Gasteiger partial charge in [0, 0.05) is 24.2 Å². The number of nitrogens with one attached hydrogen (secondary N) is 1. The number of nitrogens with zero attached hydrogens (tertiary/aromatic N) is 3. The fourth-order valence-electron chi connectivity index (χ4n) is 2.79. The summed E-state index contributed by atoms with van der Waals surface area (Å²) in [4.78, 5) is 22.5. The zero-order chi connectivity index (χ0) is 20.3. The predicted octanol–water partition coefficient (Wildman–Crippen LogP) is 3.07. The van der Waals surface area contributed by atoms with Crippen molar-refractivity contribution in [3.05, 3.63) is 48.8 Å². The maximum Gasteiger partial charge on any atom is 0.286 e. The molecule has 2 N–H and O–H groups in total. The molecule has 0 unspecified atom stereocenters. The molecule has 146 valence electrons. The van der Waals surface area contributed by atoms with Gasteiger partial charge in [-0.2, -0.15) is 0 Å². The first-order chi connectivity index (χ1) is 13.4. The van der Waals surface area contributed by atoms with Gasteiger partial charge in [-0.15, -0.1) is 0 Å². The highest BCUT2D eigenvalue weighted by Gasteiger charge is 2.31. The van der Waals surface area contributed by atoms with Crippen molar-refractivity contribution in [1.29, 1.82) is 0 Å². The molecule has 8 heteroatoms. The minimum atomic E-state index is -1.30. The zero-order valence-electron chi connectivity index (χ0n) is 16.1. The Morgan fingerprint density at radius 1 is 1.14 bits per heavy atom. The second kappa shape index (κ2) is 7.69. The number of anilines is 2. The van der Waals surface area contributed by atoms with Crippen molar-refractivity contribution < 1.29 is 19.5 Å². The third-order valence-electron chi connectivity index (χ3n) is 4.39. The second-order valence-corrected chi connectivity index (χ2v) is 6.66. The van der Waals surface area contributed by atoms with Crippen molar-refractivity contribution in [3.63, 3.8) is 0 Å². The normalized spacial score (nSPS) is 11.2. The number of fused-ring (bicyclic) bond motifs is 1. The average Bonchev–Trinajstić information content (AvgIpc) is 2.71. The van der Waals surface area contributed by atoms with Gasteiger partial charge in [-0.3, -0.25) is 10.0 Å². The lowest BCUT2D eigenvalue weighted by atomic mass is 10.1. The van der Waals surface area contributed by atoms with E-state index in [1.165, 1.54) is 13.4 Å². The Morgan fingerprint density at radius 2 is 1.89 bits per heavy atom. The summed E-state index contributed by atoms with van der Waals surface area (Å²) in [6.45, 7) is 3.10. The number of carbonyl (C=O) groups excluding carboxylic acids is 1. The van der Waals surface area contributed by atoms with Gasteiger partial charge in [0.25, 0.3) is 5.91 Å². The molecule has 0 aliphatic carbocycles. The molecule has 0 fully saturated rings. The maximum atomic E-state index is 11.9. The molecule has 8 nitrogen and oxygen atoms in total. The van der Waals surface area contributed by atoms with Crippen LogP contribution in [0.5, 0.6) is 11.5 Å². The van der Waals surface area contributed by atoms with Crippen LogP contribution < -0.4 is 19.9 Å². The lowest BCUT2D eigenvalue weighted by Gasteiger charge is -2.26. The largest absolute Gasteiger partial charge is 0.493 e. The monoisotopic (exact) mass is 382 g/mol. The Bertz CT molecular complexity index is 1000. The van der Waals surface area contributed by atoms with Gasteiger partial charge in [0.05, 0.1) is 12.6 Å². The Kier molecular flexibility index (Phi) is 5.32. The van der Waals surface area contributed by atoms with E-state index in [9.17, 15) is 4.79 Å². The van der Waals surface area contributed by atoms with E-state index in [1.54, 1.807) is 31.5 Å². The van der Waals surface area contributed by atoms with Crippen LogP contribution in [0, 0.1) is 0 Å². The molecule has 0 saturated heterocycles. The summed E-state index contributed by atoms with van der Waals surface area (Å²) >= 11 is 0. The minimum Gasteiger partial charge on any atom is -0.493 e. The lowest BCUT2D eigenvalue weighted by molar-refractivity contribution is -0.143. The van der Waals surface area contributed by atoms with Crippen LogP contribution in [0.2, 0.25) is 0 Å². The molecule has 0 saturated carbocycles. The molecule has 2 aromatic carbocycles. The highest BCUT2D eigenvalue weighted by atomic mass is 16.5. The van der Waals surface area contributed by atoms with Crippen molar-refractivity contribution in [3.8, 4) is 11.5 Å². The number of hydrogen-bond donors (Lipinski definition) is 2.